The van der Waals surface area contributed by atoms with E-state index in [4.69, 9.17) is 0 Å². The molecule has 0 aromatic heterocycles. The van der Waals surface area contributed by atoms with Gasteiger partial charge in [-0.05, 0) is 47.0 Å². The molecule has 0 saturated carbocycles. The summed E-state index contributed by atoms with van der Waals surface area (Å²) in [6.45, 7) is 5.47. The Bertz CT molecular complexity index is 1120. The highest BCUT2D eigenvalue weighted by Gasteiger charge is 2.20. The van der Waals surface area contributed by atoms with Crippen LogP contribution in [0.25, 0.3) is 32.7 Å². The lowest BCUT2D eigenvalue weighted by Crippen LogP contribution is -2.30. The maximum absolute atomic E-state index is 13.3. The number of carbonyl (C=O) groups is 1. The fourth-order valence-corrected chi connectivity index (χ4v) is 3.86. The van der Waals surface area contributed by atoms with Gasteiger partial charge in [0.05, 0.1) is 0 Å². The summed E-state index contributed by atoms with van der Waals surface area (Å²) in [4.78, 5) is 15.2. The monoisotopic (exact) mass is 353 g/mol. The Morgan fingerprint density at radius 3 is 2.00 bits per heavy atom. The van der Waals surface area contributed by atoms with Gasteiger partial charge in [-0.3, -0.25) is 4.79 Å². The first-order chi connectivity index (χ1) is 13.2. The number of benzene rings is 4. The van der Waals surface area contributed by atoms with E-state index in [2.05, 4.69) is 60.7 Å². The molecule has 4 rings (SSSR count). The number of hydrogen-bond acceptors (Lipinski definition) is 1. The Balaban J connectivity index is 2.08. The van der Waals surface area contributed by atoms with E-state index in [0.29, 0.717) is 13.1 Å². The molecule has 4 aromatic carbocycles. The van der Waals surface area contributed by atoms with E-state index < -0.39 is 0 Å². The highest BCUT2D eigenvalue weighted by Crippen LogP contribution is 2.37. The van der Waals surface area contributed by atoms with Gasteiger partial charge in [0.15, 0.2) is 0 Å². The number of rotatable bonds is 4. The molecule has 0 heterocycles. The van der Waals surface area contributed by atoms with Crippen molar-refractivity contribution in [1.82, 2.24) is 4.90 Å². The molecule has 4 aromatic rings. The van der Waals surface area contributed by atoms with Crippen LogP contribution in [0.5, 0.6) is 0 Å². The minimum absolute atomic E-state index is 0.0914. The van der Waals surface area contributed by atoms with Crippen LogP contribution in [0.4, 0.5) is 0 Å². The fourth-order valence-electron chi connectivity index (χ4n) is 3.86. The van der Waals surface area contributed by atoms with E-state index in [9.17, 15) is 4.79 Å². The van der Waals surface area contributed by atoms with E-state index in [1.807, 2.05) is 36.9 Å². The Hall–Kier alpha value is -3.13. The van der Waals surface area contributed by atoms with E-state index in [0.717, 1.165) is 27.5 Å². The first-order valence-electron chi connectivity index (χ1n) is 9.53. The number of carbonyl (C=O) groups excluding carboxylic acids is 1. The molecule has 0 aliphatic rings. The van der Waals surface area contributed by atoms with Gasteiger partial charge < -0.3 is 4.90 Å². The second-order valence-electron chi connectivity index (χ2n) is 6.71. The van der Waals surface area contributed by atoms with Gasteiger partial charge in [-0.1, -0.05) is 72.8 Å². The number of amides is 1. The van der Waals surface area contributed by atoms with E-state index in [-0.39, 0.29) is 5.91 Å². The van der Waals surface area contributed by atoms with Crippen molar-refractivity contribution in [1.29, 1.82) is 0 Å². The van der Waals surface area contributed by atoms with Crippen LogP contribution in [0.1, 0.15) is 24.2 Å². The topological polar surface area (TPSA) is 20.3 Å². The molecule has 0 unspecified atom stereocenters. The van der Waals surface area contributed by atoms with Crippen LogP contribution >= 0.6 is 0 Å². The van der Waals surface area contributed by atoms with E-state index in [1.165, 1.54) is 10.8 Å². The quantitative estimate of drug-likeness (QED) is 0.431. The molecule has 0 fully saturated rings. The summed E-state index contributed by atoms with van der Waals surface area (Å²) >= 11 is 0. The van der Waals surface area contributed by atoms with Crippen LogP contribution in [-0.4, -0.2) is 23.9 Å². The summed E-state index contributed by atoms with van der Waals surface area (Å²) in [6.07, 6.45) is 0. The van der Waals surface area contributed by atoms with Gasteiger partial charge in [0, 0.05) is 24.2 Å². The molecule has 0 N–H and O–H groups in total. The van der Waals surface area contributed by atoms with Crippen molar-refractivity contribution in [2.24, 2.45) is 0 Å². The molecule has 0 aliphatic heterocycles. The Kier molecular flexibility index (Phi) is 4.64. The Labute approximate surface area is 160 Å². The number of nitrogens with zero attached hydrogens (tertiary/aromatic N) is 1. The number of fused-ring (bicyclic) bond motifs is 2. The van der Waals surface area contributed by atoms with E-state index >= 15 is 0 Å². The standard InChI is InChI=1S/C25H23NO/c1-3-26(4-2)25(27)23-17-16-19-11-6-8-14-21(19)24(23)22-15-9-12-18-10-5-7-13-20(18)22/h5-17H,3-4H2,1-2H3. The van der Waals surface area contributed by atoms with Gasteiger partial charge in [-0.25, -0.2) is 0 Å². The zero-order chi connectivity index (χ0) is 18.8. The summed E-state index contributed by atoms with van der Waals surface area (Å²) in [7, 11) is 0. The summed E-state index contributed by atoms with van der Waals surface area (Å²) in [5, 5.41) is 4.62. The van der Waals surface area contributed by atoms with Crippen molar-refractivity contribution < 1.29 is 4.79 Å². The van der Waals surface area contributed by atoms with Crippen LogP contribution in [0.3, 0.4) is 0 Å². The van der Waals surface area contributed by atoms with E-state index in [1.54, 1.807) is 0 Å². The van der Waals surface area contributed by atoms with Crippen LogP contribution in [0, 0.1) is 0 Å². The largest absolute Gasteiger partial charge is 0.339 e. The second-order valence-corrected chi connectivity index (χ2v) is 6.71. The molecule has 0 spiro atoms. The van der Waals surface area contributed by atoms with Crippen molar-refractivity contribution in [3.05, 3.63) is 84.4 Å². The second kappa shape index (κ2) is 7.24. The number of hydrogen-bond donors (Lipinski definition) is 0. The summed E-state index contributed by atoms with van der Waals surface area (Å²) in [6, 6.07) is 27.0. The molecule has 134 valence electrons. The minimum Gasteiger partial charge on any atom is -0.339 e. The van der Waals surface area contributed by atoms with Crippen LogP contribution in [0.15, 0.2) is 78.9 Å². The van der Waals surface area contributed by atoms with Crippen molar-refractivity contribution in [3.8, 4) is 11.1 Å². The molecule has 27 heavy (non-hydrogen) atoms. The summed E-state index contributed by atoms with van der Waals surface area (Å²) in [5.74, 6) is 0.0914. The van der Waals surface area contributed by atoms with Gasteiger partial charge in [0.2, 0.25) is 0 Å². The van der Waals surface area contributed by atoms with Gasteiger partial charge in [0.1, 0.15) is 0 Å². The van der Waals surface area contributed by atoms with Crippen LogP contribution in [-0.2, 0) is 0 Å². The SMILES string of the molecule is CCN(CC)C(=O)c1ccc2ccccc2c1-c1cccc2ccccc12. The molecule has 0 saturated heterocycles. The lowest BCUT2D eigenvalue weighted by Gasteiger charge is -2.22. The lowest BCUT2D eigenvalue weighted by atomic mass is 9.89. The van der Waals surface area contributed by atoms with Crippen molar-refractivity contribution in [3.63, 3.8) is 0 Å². The molecule has 0 aliphatic carbocycles. The van der Waals surface area contributed by atoms with Gasteiger partial charge in [-0.15, -0.1) is 0 Å². The predicted octanol–water partition coefficient (Wildman–Crippen LogP) is 6.14. The first kappa shape index (κ1) is 17.3. The highest BCUT2D eigenvalue weighted by atomic mass is 16.2. The molecular weight excluding hydrogens is 330 g/mol. The first-order valence-corrected chi connectivity index (χ1v) is 9.53. The molecule has 0 radical (unpaired) electrons. The average Bonchev–Trinajstić information content (AvgIpc) is 2.73. The van der Waals surface area contributed by atoms with Gasteiger partial charge in [0.25, 0.3) is 5.91 Å². The zero-order valence-corrected chi connectivity index (χ0v) is 15.8. The molecular formula is C25H23NO. The van der Waals surface area contributed by atoms with Crippen molar-refractivity contribution in [2.75, 3.05) is 13.1 Å². The maximum Gasteiger partial charge on any atom is 0.254 e. The van der Waals surface area contributed by atoms with Gasteiger partial charge >= 0.3 is 0 Å². The minimum atomic E-state index is 0.0914. The lowest BCUT2D eigenvalue weighted by molar-refractivity contribution is 0.0774. The third-order valence-electron chi connectivity index (χ3n) is 5.27. The molecule has 0 atom stereocenters. The van der Waals surface area contributed by atoms with Crippen molar-refractivity contribution >= 4 is 27.5 Å². The Morgan fingerprint density at radius 2 is 1.30 bits per heavy atom. The predicted molar refractivity (Wildman–Crippen MR) is 114 cm³/mol. The normalized spacial score (nSPS) is 11.0. The Morgan fingerprint density at radius 1 is 0.704 bits per heavy atom. The highest BCUT2D eigenvalue weighted by molar-refractivity contribution is 6.14. The van der Waals surface area contributed by atoms with Crippen LogP contribution < -0.4 is 0 Å². The smallest absolute Gasteiger partial charge is 0.254 e. The molecule has 2 heteroatoms. The third kappa shape index (κ3) is 2.97. The summed E-state index contributed by atoms with van der Waals surface area (Å²) in [5.41, 5.74) is 2.91. The molecule has 1 amide bonds. The zero-order valence-electron chi connectivity index (χ0n) is 15.8. The van der Waals surface area contributed by atoms with Gasteiger partial charge in [-0.2, -0.15) is 0 Å². The molecule has 0 bridgehead atoms. The maximum atomic E-state index is 13.3. The van der Waals surface area contributed by atoms with Crippen LogP contribution in [0.2, 0.25) is 0 Å². The van der Waals surface area contributed by atoms with Crippen molar-refractivity contribution in [2.45, 2.75) is 13.8 Å². The molecule has 2 nitrogen and oxygen atoms in total. The summed E-state index contributed by atoms with van der Waals surface area (Å²) < 4.78 is 0. The fraction of sp³-hybridized carbons (Fsp3) is 0.160. The average molecular weight is 353 g/mol. The third-order valence-corrected chi connectivity index (χ3v) is 5.27.